The highest BCUT2D eigenvalue weighted by Gasteiger charge is 2.35. The van der Waals surface area contributed by atoms with Crippen molar-refractivity contribution >= 4 is 0 Å². The van der Waals surface area contributed by atoms with Gasteiger partial charge < -0.3 is 5.11 Å². The molecule has 1 N–H and O–H groups in total. The maximum atomic E-state index is 9.53. The molecule has 2 rings (SSSR count). The number of piperidine rings is 1. The Labute approximate surface area is 104 Å². The van der Waals surface area contributed by atoms with Gasteiger partial charge in [-0.05, 0) is 38.7 Å². The largest absolute Gasteiger partial charge is 0.395 e. The Morgan fingerprint density at radius 2 is 2.00 bits per heavy atom. The molecular weight excluding hydrogens is 210 g/mol. The standard InChI is InChI=1S/C15H23NO/c1-15(2)10-6-9-14(12-17)16(15)11-13-7-4-3-5-8-13/h3-5,7-8,14,17H,6,9-12H2,1-2H3. The van der Waals surface area contributed by atoms with Crippen LogP contribution in [0.25, 0.3) is 0 Å². The number of aliphatic hydroxyl groups excluding tert-OH is 1. The molecule has 0 spiro atoms. The lowest BCUT2D eigenvalue weighted by Crippen LogP contribution is -2.53. The first-order valence-corrected chi connectivity index (χ1v) is 6.55. The quantitative estimate of drug-likeness (QED) is 0.867. The molecule has 0 saturated carbocycles. The normalized spacial score (nSPS) is 24.8. The van der Waals surface area contributed by atoms with Crippen LogP contribution in [0, 0.1) is 0 Å². The molecule has 1 aromatic carbocycles. The number of rotatable bonds is 3. The van der Waals surface area contributed by atoms with Gasteiger partial charge in [0.25, 0.3) is 0 Å². The molecule has 94 valence electrons. The fourth-order valence-electron chi connectivity index (χ4n) is 2.88. The first-order chi connectivity index (χ1) is 8.13. The molecule has 1 fully saturated rings. The van der Waals surface area contributed by atoms with E-state index in [-0.39, 0.29) is 12.1 Å². The molecule has 0 bridgehead atoms. The molecule has 0 amide bonds. The molecule has 1 unspecified atom stereocenters. The van der Waals surface area contributed by atoms with Gasteiger partial charge >= 0.3 is 0 Å². The van der Waals surface area contributed by atoms with Gasteiger partial charge in [-0.2, -0.15) is 0 Å². The van der Waals surface area contributed by atoms with Crippen LogP contribution in [0.4, 0.5) is 0 Å². The lowest BCUT2D eigenvalue weighted by Gasteiger charge is -2.47. The molecule has 17 heavy (non-hydrogen) atoms. The average Bonchev–Trinajstić information content (AvgIpc) is 2.33. The van der Waals surface area contributed by atoms with E-state index in [0.29, 0.717) is 6.04 Å². The minimum atomic E-state index is 0.196. The maximum absolute atomic E-state index is 9.53. The van der Waals surface area contributed by atoms with Crippen LogP contribution >= 0.6 is 0 Å². The second kappa shape index (κ2) is 5.19. The summed E-state index contributed by atoms with van der Waals surface area (Å²) in [6.45, 7) is 5.80. The summed E-state index contributed by atoms with van der Waals surface area (Å²) in [6, 6.07) is 10.9. The van der Waals surface area contributed by atoms with Gasteiger partial charge in [0.2, 0.25) is 0 Å². The van der Waals surface area contributed by atoms with Gasteiger partial charge in [0.15, 0.2) is 0 Å². The van der Waals surface area contributed by atoms with Gasteiger partial charge in [-0.15, -0.1) is 0 Å². The Morgan fingerprint density at radius 3 is 2.65 bits per heavy atom. The molecule has 1 aliphatic rings. The molecule has 2 heteroatoms. The topological polar surface area (TPSA) is 23.5 Å². The summed E-state index contributed by atoms with van der Waals surface area (Å²) in [5.74, 6) is 0. The van der Waals surface area contributed by atoms with Crippen molar-refractivity contribution in [2.75, 3.05) is 6.61 Å². The number of likely N-dealkylation sites (tertiary alicyclic amines) is 1. The number of nitrogens with zero attached hydrogens (tertiary/aromatic N) is 1. The number of hydrogen-bond donors (Lipinski definition) is 1. The summed E-state index contributed by atoms with van der Waals surface area (Å²) >= 11 is 0. The molecular formula is C15H23NO. The first-order valence-electron chi connectivity index (χ1n) is 6.55. The predicted molar refractivity (Wildman–Crippen MR) is 70.8 cm³/mol. The van der Waals surface area contributed by atoms with Gasteiger partial charge in [0.05, 0.1) is 6.61 Å². The van der Waals surface area contributed by atoms with Crippen LogP contribution in [0.1, 0.15) is 38.7 Å². The lowest BCUT2D eigenvalue weighted by molar-refractivity contribution is -0.00947. The van der Waals surface area contributed by atoms with Crippen molar-refractivity contribution < 1.29 is 5.11 Å². The Kier molecular flexibility index (Phi) is 3.85. The molecule has 2 nitrogen and oxygen atoms in total. The van der Waals surface area contributed by atoms with Gasteiger partial charge in [-0.1, -0.05) is 30.3 Å². The van der Waals surface area contributed by atoms with Gasteiger partial charge in [0.1, 0.15) is 0 Å². The van der Waals surface area contributed by atoms with Crippen LogP contribution in [0.5, 0.6) is 0 Å². The molecule has 0 aromatic heterocycles. The molecule has 1 aromatic rings. The van der Waals surface area contributed by atoms with Crippen LogP contribution in [0.2, 0.25) is 0 Å². The Balaban J connectivity index is 2.15. The van der Waals surface area contributed by atoms with Crippen molar-refractivity contribution in [1.82, 2.24) is 4.90 Å². The Bertz CT molecular complexity index is 347. The monoisotopic (exact) mass is 233 g/mol. The van der Waals surface area contributed by atoms with Crippen LogP contribution in [-0.2, 0) is 6.54 Å². The Morgan fingerprint density at radius 1 is 1.29 bits per heavy atom. The smallest absolute Gasteiger partial charge is 0.0587 e. The van der Waals surface area contributed by atoms with Gasteiger partial charge in [0, 0.05) is 18.1 Å². The fraction of sp³-hybridized carbons (Fsp3) is 0.600. The molecule has 1 atom stereocenters. The minimum Gasteiger partial charge on any atom is -0.395 e. The van der Waals surface area contributed by atoms with Crippen LogP contribution in [-0.4, -0.2) is 28.2 Å². The van der Waals surface area contributed by atoms with E-state index in [9.17, 15) is 5.11 Å². The summed E-state index contributed by atoms with van der Waals surface area (Å²) in [5, 5.41) is 9.53. The average molecular weight is 233 g/mol. The van der Waals surface area contributed by atoms with E-state index in [1.807, 2.05) is 6.07 Å². The van der Waals surface area contributed by atoms with E-state index in [4.69, 9.17) is 0 Å². The number of hydrogen-bond acceptors (Lipinski definition) is 2. The third-order valence-electron chi connectivity index (χ3n) is 3.95. The summed E-state index contributed by atoms with van der Waals surface area (Å²) < 4.78 is 0. The number of aliphatic hydroxyl groups is 1. The molecule has 1 aliphatic heterocycles. The zero-order valence-corrected chi connectivity index (χ0v) is 10.9. The molecule has 0 radical (unpaired) electrons. The Hall–Kier alpha value is -0.860. The van der Waals surface area contributed by atoms with Crippen LogP contribution in [0.3, 0.4) is 0 Å². The van der Waals surface area contributed by atoms with E-state index in [0.717, 1.165) is 13.0 Å². The second-order valence-corrected chi connectivity index (χ2v) is 5.65. The molecule has 1 saturated heterocycles. The van der Waals surface area contributed by atoms with E-state index in [1.54, 1.807) is 0 Å². The van der Waals surface area contributed by atoms with Crippen LogP contribution in [0.15, 0.2) is 30.3 Å². The summed E-state index contributed by atoms with van der Waals surface area (Å²) in [6.07, 6.45) is 3.56. The second-order valence-electron chi connectivity index (χ2n) is 5.65. The summed E-state index contributed by atoms with van der Waals surface area (Å²) in [7, 11) is 0. The summed E-state index contributed by atoms with van der Waals surface area (Å²) in [5.41, 5.74) is 1.53. The minimum absolute atomic E-state index is 0.196. The maximum Gasteiger partial charge on any atom is 0.0587 e. The van der Waals surface area contributed by atoms with Crippen molar-refractivity contribution in [3.8, 4) is 0 Å². The van der Waals surface area contributed by atoms with Crippen molar-refractivity contribution in [2.45, 2.75) is 51.2 Å². The fourth-order valence-corrected chi connectivity index (χ4v) is 2.88. The highest BCUT2D eigenvalue weighted by molar-refractivity contribution is 5.15. The third kappa shape index (κ3) is 2.88. The lowest BCUT2D eigenvalue weighted by atomic mass is 9.86. The highest BCUT2D eigenvalue weighted by Crippen LogP contribution is 2.32. The van der Waals surface area contributed by atoms with E-state index < -0.39 is 0 Å². The highest BCUT2D eigenvalue weighted by atomic mass is 16.3. The van der Waals surface area contributed by atoms with Crippen molar-refractivity contribution in [1.29, 1.82) is 0 Å². The van der Waals surface area contributed by atoms with Crippen molar-refractivity contribution in [3.05, 3.63) is 35.9 Å². The predicted octanol–water partition coefficient (Wildman–Crippen LogP) is 2.81. The zero-order chi connectivity index (χ0) is 12.3. The SMILES string of the molecule is CC1(C)CCCC(CO)N1Cc1ccccc1. The summed E-state index contributed by atoms with van der Waals surface area (Å²) in [4.78, 5) is 2.46. The van der Waals surface area contributed by atoms with E-state index in [1.165, 1.54) is 18.4 Å². The van der Waals surface area contributed by atoms with Crippen LogP contribution < -0.4 is 0 Å². The third-order valence-corrected chi connectivity index (χ3v) is 3.95. The molecule has 1 heterocycles. The first kappa shape index (κ1) is 12.6. The van der Waals surface area contributed by atoms with E-state index in [2.05, 4.69) is 43.0 Å². The molecule has 0 aliphatic carbocycles. The van der Waals surface area contributed by atoms with Crippen molar-refractivity contribution in [2.24, 2.45) is 0 Å². The number of benzene rings is 1. The van der Waals surface area contributed by atoms with E-state index >= 15 is 0 Å². The van der Waals surface area contributed by atoms with Gasteiger partial charge in [-0.3, -0.25) is 4.90 Å². The van der Waals surface area contributed by atoms with Crippen molar-refractivity contribution in [3.63, 3.8) is 0 Å². The zero-order valence-electron chi connectivity index (χ0n) is 10.9. The van der Waals surface area contributed by atoms with Gasteiger partial charge in [-0.25, -0.2) is 0 Å².